The Kier molecular flexibility index (Phi) is 3.83. The van der Waals surface area contributed by atoms with E-state index in [0.717, 1.165) is 17.0 Å². The van der Waals surface area contributed by atoms with Gasteiger partial charge in [-0.1, -0.05) is 98.0 Å². The molecule has 6 atom stereocenters. The van der Waals surface area contributed by atoms with E-state index >= 15 is 0 Å². The Morgan fingerprint density at radius 2 is 1.35 bits per heavy atom. The zero-order chi connectivity index (χ0) is 18.1. The van der Waals surface area contributed by atoms with Crippen LogP contribution in [0.1, 0.15) is 27.7 Å². The zero-order valence-corrected chi connectivity index (χ0v) is 17.8. The van der Waals surface area contributed by atoms with Crippen molar-refractivity contribution in [1.29, 1.82) is 0 Å². The molecule has 0 spiro atoms. The minimum absolute atomic E-state index is 0.154. The molecule has 0 amide bonds. The maximum absolute atomic E-state index is 2.67. The Morgan fingerprint density at radius 1 is 0.769 bits per heavy atom. The number of allylic oxidation sites excluding steroid dienone is 3. The zero-order valence-electron chi connectivity index (χ0n) is 16.0. The summed E-state index contributed by atoms with van der Waals surface area (Å²) in [4.78, 5) is 0. The van der Waals surface area contributed by atoms with Crippen molar-refractivity contribution in [3.05, 3.63) is 83.2 Å². The van der Waals surface area contributed by atoms with E-state index in [1.54, 1.807) is 27.3 Å². The fourth-order valence-electron chi connectivity index (χ4n) is 5.71. The molecule has 3 heterocycles. The lowest BCUT2D eigenvalue weighted by atomic mass is 9.69. The van der Waals surface area contributed by atoms with Gasteiger partial charge in [-0.2, -0.15) is 0 Å². The molecule has 2 bridgehead atoms. The van der Waals surface area contributed by atoms with Crippen molar-refractivity contribution >= 4 is 26.5 Å². The molecule has 3 aliphatic heterocycles. The molecule has 0 nitrogen and oxygen atoms in total. The van der Waals surface area contributed by atoms with Crippen LogP contribution in [0.4, 0.5) is 0 Å². The molecule has 1 saturated heterocycles. The molecule has 0 saturated carbocycles. The molecule has 2 aromatic carbocycles. The second-order valence-corrected chi connectivity index (χ2v) is 12.8. The predicted molar refractivity (Wildman–Crippen MR) is 118 cm³/mol. The summed E-state index contributed by atoms with van der Waals surface area (Å²) in [7, 11) is -0.380. The van der Waals surface area contributed by atoms with Crippen LogP contribution >= 0.6 is 15.8 Å². The first kappa shape index (κ1) is 16.9. The summed E-state index contributed by atoms with van der Waals surface area (Å²) >= 11 is 0. The van der Waals surface area contributed by atoms with Gasteiger partial charge in [0.1, 0.15) is 0 Å². The molecule has 1 fully saturated rings. The average molecular weight is 376 g/mol. The number of rotatable bonds is 2. The van der Waals surface area contributed by atoms with Gasteiger partial charge in [0.15, 0.2) is 0 Å². The van der Waals surface area contributed by atoms with Crippen LogP contribution in [0.15, 0.2) is 83.2 Å². The SMILES string of the molecule is CC1=C[P@@](c2ccccc2)[C@H]2[C@@H]3C(C)=C(C)[C@@H]([P@]3c3ccccc3)[C@@]12C. The normalized spacial score (nSPS) is 37.8. The second-order valence-electron chi connectivity index (χ2n) is 8.24. The molecule has 0 radical (unpaired) electrons. The number of hydrogen-bond acceptors (Lipinski definition) is 0. The standard InChI is InChI=1S/C24H26P2/c1-16-15-25(19-11-7-5-8-12-19)23-21-17(2)18(3)22(24(16,23)4)26(21)20-13-9-6-10-14-20/h5-15,21-23H,1-4H3/t21-,22+,23-,24+,25-,26+/m0/s1. The summed E-state index contributed by atoms with van der Waals surface area (Å²) in [5, 5.41) is 3.18. The van der Waals surface area contributed by atoms with Crippen molar-refractivity contribution in [3.8, 4) is 0 Å². The lowest BCUT2D eigenvalue weighted by Gasteiger charge is -2.40. The first-order valence-electron chi connectivity index (χ1n) is 9.58. The highest BCUT2D eigenvalue weighted by Crippen LogP contribution is 2.81. The van der Waals surface area contributed by atoms with E-state index in [0.29, 0.717) is 5.41 Å². The lowest BCUT2D eigenvalue weighted by molar-refractivity contribution is 0.400. The molecular weight excluding hydrogens is 350 g/mol. The predicted octanol–water partition coefficient (Wildman–Crippen LogP) is 5.99. The maximum atomic E-state index is 2.67. The molecule has 2 aromatic rings. The first-order valence-corrected chi connectivity index (χ1v) is 12.5. The molecule has 0 N–H and O–H groups in total. The smallest absolute Gasteiger partial charge is 0.0144 e. The summed E-state index contributed by atoms with van der Waals surface area (Å²) in [6, 6.07) is 22.7. The Morgan fingerprint density at radius 3 is 1.96 bits per heavy atom. The maximum Gasteiger partial charge on any atom is 0.0144 e. The molecular formula is C24H26P2. The third-order valence-corrected chi connectivity index (χ3v) is 14.0. The monoisotopic (exact) mass is 376 g/mol. The van der Waals surface area contributed by atoms with E-state index in [1.165, 1.54) is 0 Å². The van der Waals surface area contributed by atoms with Gasteiger partial charge in [0.2, 0.25) is 0 Å². The van der Waals surface area contributed by atoms with E-state index in [-0.39, 0.29) is 15.8 Å². The van der Waals surface area contributed by atoms with E-state index in [1.807, 2.05) is 0 Å². The largest absolute Gasteiger partial charge is 0.0653 e. The molecule has 0 unspecified atom stereocenters. The van der Waals surface area contributed by atoms with Crippen molar-refractivity contribution in [2.75, 3.05) is 0 Å². The van der Waals surface area contributed by atoms with Crippen LogP contribution in [0.3, 0.4) is 0 Å². The second kappa shape index (κ2) is 5.89. The van der Waals surface area contributed by atoms with Crippen molar-refractivity contribution in [3.63, 3.8) is 0 Å². The fraction of sp³-hybridized carbons (Fsp3) is 0.333. The van der Waals surface area contributed by atoms with Gasteiger partial charge in [-0.05, 0) is 39.3 Å². The Balaban J connectivity index is 1.68. The molecule has 26 heavy (non-hydrogen) atoms. The number of fused-ring (bicyclic) bond motifs is 5. The summed E-state index contributed by atoms with van der Waals surface area (Å²) in [5.74, 6) is 2.67. The topological polar surface area (TPSA) is 0 Å². The van der Waals surface area contributed by atoms with Crippen molar-refractivity contribution in [2.45, 2.75) is 44.7 Å². The van der Waals surface area contributed by atoms with Gasteiger partial charge < -0.3 is 0 Å². The molecule has 0 aliphatic carbocycles. The quantitative estimate of drug-likeness (QED) is 0.446. The number of benzene rings is 2. The summed E-state index contributed by atoms with van der Waals surface area (Å²) in [6.45, 7) is 9.87. The van der Waals surface area contributed by atoms with Crippen LogP contribution in [0.2, 0.25) is 0 Å². The lowest BCUT2D eigenvalue weighted by Crippen LogP contribution is -2.40. The van der Waals surface area contributed by atoms with Crippen molar-refractivity contribution in [2.24, 2.45) is 5.41 Å². The van der Waals surface area contributed by atoms with Crippen LogP contribution in [-0.2, 0) is 0 Å². The van der Waals surface area contributed by atoms with E-state index in [9.17, 15) is 0 Å². The third kappa shape index (κ3) is 2.04. The van der Waals surface area contributed by atoms with Gasteiger partial charge in [-0.25, -0.2) is 0 Å². The van der Waals surface area contributed by atoms with Crippen LogP contribution in [0, 0.1) is 5.41 Å². The minimum atomic E-state index is -0.226. The van der Waals surface area contributed by atoms with E-state index < -0.39 is 0 Å². The minimum Gasteiger partial charge on any atom is -0.0653 e. The van der Waals surface area contributed by atoms with Gasteiger partial charge in [-0.3, -0.25) is 0 Å². The molecule has 5 rings (SSSR count). The summed E-state index contributed by atoms with van der Waals surface area (Å²) in [6.07, 6.45) is 0. The van der Waals surface area contributed by atoms with Crippen LogP contribution < -0.4 is 10.6 Å². The van der Waals surface area contributed by atoms with Gasteiger partial charge in [0.25, 0.3) is 0 Å². The van der Waals surface area contributed by atoms with Crippen LogP contribution in [0.25, 0.3) is 0 Å². The van der Waals surface area contributed by atoms with Gasteiger partial charge in [0.05, 0.1) is 0 Å². The van der Waals surface area contributed by atoms with E-state index in [4.69, 9.17) is 0 Å². The first-order chi connectivity index (χ1) is 12.5. The van der Waals surface area contributed by atoms with Crippen LogP contribution in [0.5, 0.6) is 0 Å². The third-order valence-electron chi connectivity index (χ3n) is 7.13. The summed E-state index contributed by atoms with van der Waals surface area (Å²) in [5.41, 5.74) is 7.66. The van der Waals surface area contributed by atoms with Crippen molar-refractivity contribution < 1.29 is 0 Å². The Labute approximate surface area is 159 Å². The fourth-order valence-corrected chi connectivity index (χ4v) is 14.2. The van der Waals surface area contributed by atoms with E-state index in [2.05, 4.69) is 94.2 Å². The van der Waals surface area contributed by atoms with Gasteiger partial charge in [0, 0.05) is 22.4 Å². The summed E-state index contributed by atoms with van der Waals surface area (Å²) < 4.78 is 0. The highest BCUT2D eigenvalue weighted by Gasteiger charge is 2.66. The van der Waals surface area contributed by atoms with Crippen molar-refractivity contribution in [1.82, 2.24) is 0 Å². The molecule has 132 valence electrons. The highest BCUT2D eigenvalue weighted by molar-refractivity contribution is 7.74. The van der Waals surface area contributed by atoms with Crippen LogP contribution in [-0.4, -0.2) is 17.0 Å². The highest BCUT2D eigenvalue weighted by atomic mass is 31.1. The molecule has 3 aliphatic rings. The molecule has 0 aromatic heterocycles. The average Bonchev–Trinajstić information content (AvgIpc) is 3.20. The number of hydrogen-bond donors (Lipinski definition) is 0. The molecule has 2 heteroatoms. The Hall–Kier alpha value is -1.22. The van der Waals surface area contributed by atoms with Gasteiger partial charge >= 0.3 is 0 Å². The Bertz CT molecular complexity index is 912. The van der Waals surface area contributed by atoms with Gasteiger partial charge in [-0.15, -0.1) is 0 Å².